The van der Waals surface area contributed by atoms with Gasteiger partial charge in [0.05, 0.1) is 13.2 Å². The summed E-state index contributed by atoms with van der Waals surface area (Å²) >= 11 is 0. The molecule has 1 atom stereocenters. The van der Waals surface area contributed by atoms with Crippen molar-refractivity contribution < 1.29 is 19.1 Å². The second-order valence-electron chi connectivity index (χ2n) is 2.11. The van der Waals surface area contributed by atoms with E-state index in [4.69, 9.17) is 10.00 Å². The van der Waals surface area contributed by atoms with E-state index in [0.717, 1.165) is 5.57 Å². The summed E-state index contributed by atoms with van der Waals surface area (Å²) in [6, 6.07) is 0. The second kappa shape index (κ2) is 6.55. The average molecular weight is 180 g/mol. The van der Waals surface area contributed by atoms with E-state index >= 15 is 0 Å². The lowest BCUT2D eigenvalue weighted by atomic mass is 10.2. The molecule has 2 N–H and O–H groups in total. The van der Waals surface area contributed by atoms with Gasteiger partial charge in [-0.05, 0) is 13.3 Å². The fourth-order valence-corrected chi connectivity index (χ4v) is 0.809. The first-order chi connectivity index (χ1) is 5.16. The second-order valence-corrected chi connectivity index (χ2v) is 2.93. The van der Waals surface area contributed by atoms with E-state index in [9.17, 15) is 4.57 Å². The molecule has 5 heteroatoms. The van der Waals surface area contributed by atoms with Crippen LogP contribution in [0.4, 0.5) is 0 Å². The monoisotopic (exact) mass is 180 g/mol. The first-order valence-corrected chi connectivity index (χ1v) is 4.55. The molecule has 1 unspecified atom stereocenters. The van der Waals surface area contributed by atoms with Crippen molar-refractivity contribution in [3.8, 4) is 0 Å². The molecule has 0 rings (SSSR count). The van der Waals surface area contributed by atoms with E-state index in [1.807, 2.05) is 0 Å². The number of hydrogen-bond acceptors (Lipinski definition) is 3. The first kappa shape index (κ1) is 10.8. The summed E-state index contributed by atoms with van der Waals surface area (Å²) in [6.07, 6.45) is 2.33. The molecule has 0 aromatic carbocycles. The Labute approximate surface area is 66.5 Å². The molecule has 0 saturated heterocycles. The molecular weight excluding hydrogens is 167 g/mol. The molecule has 0 bridgehead atoms. The Kier molecular flexibility index (Phi) is 6.46. The molecule has 0 radical (unpaired) electrons. The van der Waals surface area contributed by atoms with Crippen LogP contribution in [0.15, 0.2) is 11.6 Å². The van der Waals surface area contributed by atoms with Gasteiger partial charge in [0.1, 0.15) is 0 Å². The minimum Gasteiger partial charge on any atom is -0.392 e. The Morgan fingerprint density at radius 1 is 1.73 bits per heavy atom. The van der Waals surface area contributed by atoms with Gasteiger partial charge >= 0.3 is 8.25 Å². The Bertz CT molecular complexity index is 155. The van der Waals surface area contributed by atoms with Gasteiger partial charge in [-0.15, -0.1) is 0 Å². The molecule has 4 nitrogen and oxygen atoms in total. The van der Waals surface area contributed by atoms with Crippen molar-refractivity contribution in [1.82, 2.24) is 0 Å². The van der Waals surface area contributed by atoms with Crippen molar-refractivity contribution in [2.75, 3.05) is 13.2 Å². The van der Waals surface area contributed by atoms with Gasteiger partial charge in [0.15, 0.2) is 0 Å². The topological polar surface area (TPSA) is 66.8 Å². The van der Waals surface area contributed by atoms with Crippen molar-refractivity contribution in [2.24, 2.45) is 0 Å². The van der Waals surface area contributed by atoms with E-state index in [0.29, 0.717) is 6.42 Å². The normalized spacial score (nSPS) is 15.0. The first-order valence-electron chi connectivity index (χ1n) is 3.29. The molecule has 0 fully saturated rings. The molecule has 0 heterocycles. The van der Waals surface area contributed by atoms with E-state index in [1.54, 1.807) is 13.0 Å². The molecule has 0 aromatic heterocycles. The maximum Gasteiger partial charge on any atom is 0.316 e. The van der Waals surface area contributed by atoms with Gasteiger partial charge in [-0.1, -0.05) is 11.6 Å². The number of rotatable bonds is 5. The largest absolute Gasteiger partial charge is 0.392 e. The number of aliphatic hydroxyl groups is 1. The molecule has 11 heavy (non-hydrogen) atoms. The standard InChI is InChI=1S/C6H13O4P/c1-6(5-7)3-2-4-10-11(8)9/h3,7,11H,2,4-5H2,1H3,(H,8,9)/b6-3+. The van der Waals surface area contributed by atoms with Gasteiger partial charge in [0.2, 0.25) is 0 Å². The predicted octanol–water partition coefficient (Wildman–Crippen LogP) is 0.714. The molecule has 0 aromatic rings. The summed E-state index contributed by atoms with van der Waals surface area (Å²) < 4.78 is 14.4. The van der Waals surface area contributed by atoms with Crippen molar-refractivity contribution in [3.63, 3.8) is 0 Å². The Hall–Kier alpha value is -0.150. The summed E-state index contributed by atoms with van der Waals surface area (Å²) in [5.74, 6) is 0. The smallest absolute Gasteiger partial charge is 0.316 e. The van der Waals surface area contributed by atoms with Crippen molar-refractivity contribution >= 4 is 8.25 Å². The zero-order valence-electron chi connectivity index (χ0n) is 6.41. The highest BCUT2D eigenvalue weighted by Gasteiger charge is 1.90. The third-order valence-corrected chi connectivity index (χ3v) is 1.54. The summed E-state index contributed by atoms with van der Waals surface area (Å²) in [6.45, 7) is 2.03. The van der Waals surface area contributed by atoms with Gasteiger partial charge in [-0.2, -0.15) is 0 Å². The fourth-order valence-electron chi connectivity index (χ4n) is 0.516. The summed E-state index contributed by atoms with van der Waals surface area (Å²) in [5, 5.41) is 8.53. The molecule has 66 valence electrons. The van der Waals surface area contributed by atoms with Gasteiger partial charge in [-0.25, -0.2) is 0 Å². The van der Waals surface area contributed by atoms with Crippen LogP contribution in [0, 0.1) is 0 Å². The molecule has 0 aliphatic rings. The van der Waals surface area contributed by atoms with Crippen LogP contribution in [-0.2, 0) is 9.09 Å². The van der Waals surface area contributed by atoms with Crippen molar-refractivity contribution in [2.45, 2.75) is 13.3 Å². The van der Waals surface area contributed by atoms with Gasteiger partial charge < -0.3 is 14.5 Å². The third kappa shape index (κ3) is 7.75. The van der Waals surface area contributed by atoms with Crippen LogP contribution in [0.25, 0.3) is 0 Å². The highest BCUT2D eigenvalue weighted by atomic mass is 31.1. The lowest BCUT2D eigenvalue weighted by Crippen LogP contribution is -1.87. The quantitative estimate of drug-likeness (QED) is 0.371. The highest BCUT2D eigenvalue weighted by molar-refractivity contribution is 7.32. The van der Waals surface area contributed by atoms with Crippen LogP contribution < -0.4 is 0 Å². The molecule has 0 aliphatic heterocycles. The van der Waals surface area contributed by atoms with Crippen LogP contribution >= 0.6 is 8.25 Å². The Morgan fingerprint density at radius 2 is 2.36 bits per heavy atom. The van der Waals surface area contributed by atoms with E-state index in [2.05, 4.69) is 4.52 Å². The maximum atomic E-state index is 10.0. The minimum absolute atomic E-state index is 0.0221. The van der Waals surface area contributed by atoms with Gasteiger partial charge in [-0.3, -0.25) is 4.57 Å². The summed E-state index contributed by atoms with van der Waals surface area (Å²) in [4.78, 5) is 8.23. The molecule has 0 saturated carbocycles. The van der Waals surface area contributed by atoms with Gasteiger partial charge in [0.25, 0.3) is 0 Å². The van der Waals surface area contributed by atoms with Crippen LogP contribution in [0.3, 0.4) is 0 Å². The third-order valence-electron chi connectivity index (χ3n) is 1.09. The predicted molar refractivity (Wildman–Crippen MR) is 42.6 cm³/mol. The van der Waals surface area contributed by atoms with E-state index in [-0.39, 0.29) is 13.2 Å². The Morgan fingerprint density at radius 3 is 2.82 bits per heavy atom. The summed E-state index contributed by atoms with van der Waals surface area (Å²) in [7, 11) is -2.78. The van der Waals surface area contributed by atoms with E-state index in [1.165, 1.54) is 0 Å². The van der Waals surface area contributed by atoms with Crippen LogP contribution in [0.5, 0.6) is 0 Å². The molecule has 0 spiro atoms. The van der Waals surface area contributed by atoms with Crippen LogP contribution in [-0.4, -0.2) is 23.2 Å². The molecule has 0 aliphatic carbocycles. The lowest BCUT2D eigenvalue weighted by Gasteiger charge is -1.96. The maximum absolute atomic E-state index is 10.0. The minimum atomic E-state index is -2.78. The Balaban J connectivity index is 3.33. The van der Waals surface area contributed by atoms with Crippen LogP contribution in [0.2, 0.25) is 0 Å². The fraction of sp³-hybridized carbons (Fsp3) is 0.667. The van der Waals surface area contributed by atoms with Crippen molar-refractivity contribution in [1.29, 1.82) is 0 Å². The summed E-state index contributed by atoms with van der Waals surface area (Å²) in [5.41, 5.74) is 0.839. The average Bonchev–Trinajstić information content (AvgIpc) is 1.97. The van der Waals surface area contributed by atoms with Crippen molar-refractivity contribution in [3.05, 3.63) is 11.6 Å². The number of hydrogen-bond donors (Lipinski definition) is 2. The lowest BCUT2D eigenvalue weighted by molar-refractivity contribution is 0.286. The SMILES string of the molecule is C/C(=C\CCO[PH](=O)O)CO. The molecular formula is C6H13O4P. The zero-order valence-corrected chi connectivity index (χ0v) is 7.41. The highest BCUT2D eigenvalue weighted by Crippen LogP contribution is 2.14. The van der Waals surface area contributed by atoms with Gasteiger partial charge in [0, 0.05) is 0 Å². The van der Waals surface area contributed by atoms with E-state index < -0.39 is 8.25 Å². The molecule has 0 amide bonds. The van der Waals surface area contributed by atoms with Crippen LogP contribution in [0.1, 0.15) is 13.3 Å². The number of aliphatic hydroxyl groups excluding tert-OH is 1. The zero-order chi connectivity index (χ0) is 8.69.